The molecular formula is C10H21NO. The second kappa shape index (κ2) is 4.24. The van der Waals surface area contributed by atoms with Crippen LogP contribution in [-0.2, 0) is 4.74 Å². The van der Waals surface area contributed by atoms with E-state index in [2.05, 4.69) is 6.92 Å². The first-order valence-corrected chi connectivity index (χ1v) is 5.02. The molecule has 12 heavy (non-hydrogen) atoms. The molecule has 0 unspecified atom stereocenters. The second-order valence-corrected chi connectivity index (χ2v) is 3.97. The summed E-state index contributed by atoms with van der Waals surface area (Å²) < 4.78 is 5.60. The highest BCUT2D eigenvalue weighted by atomic mass is 16.5. The van der Waals surface area contributed by atoms with E-state index in [1.54, 1.807) is 7.11 Å². The smallest absolute Gasteiger partial charge is 0.0826 e. The number of methoxy groups -OCH3 is 1. The van der Waals surface area contributed by atoms with Crippen molar-refractivity contribution in [2.24, 2.45) is 5.73 Å². The zero-order valence-electron chi connectivity index (χ0n) is 8.31. The number of ether oxygens (including phenoxy) is 1. The van der Waals surface area contributed by atoms with Crippen molar-refractivity contribution in [3.63, 3.8) is 0 Å². The maximum atomic E-state index is 5.96. The van der Waals surface area contributed by atoms with E-state index in [0.717, 1.165) is 12.8 Å². The lowest BCUT2D eigenvalue weighted by Crippen LogP contribution is -2.47. The summed E-state index contributed by atoms with van der Waals surface area (Å²) in [6.07, 6.45) is 7.52. The van der Waals surface area contributed by atoms with Gasteiger partial charge in [-0.25, -0.2) is 0 Å². The molecule has 2 heteroatoms. The van der Waals surface area contributed by atoms with Crippen LogP contribution in [0.15, 0.2) is 0 Å². The summed E-state index contributed by atoms with van der Waals surface area (Å²) in [6.45, 7) is 2.06. The van der Waals surface area contributed by atoms with E-state index in [4.69, 9.17) is 10.5 Å². The minimum absolute atomic E-state index is 0.0174. The molecule has 0 bridgehead atoms. The fourth-order valence-corrected chi connectivity index (χ4v) is 2.17. The van der Waals surface area contributed by atoms with Crippen LogP contribution < -0.4 is 5.73 Å². The molecule has 0 amide bonds. The van der Waals surface area contributed by atoms with Crippen LogP contribution in [0.4, 0.5) is 0 Å². The minimum Gasteiger partial charge on any atom is -0.377 e. The highest BCUT2D eigenvalue weighted by Crippen LogP contribution is 2.31. The number of hydrogen-bond donors (Lipinski definition) is 1. The van der Waals surface area contributed by atoms with E-state index >= 15 is 0 Å². The largest absolute Gasteiger partial charge is 0.377 e. The molecule has 2 nitrogen and oxygen atoms in total. The summed E-state index contributed by atoms with van der Waals surface area (Å²) in [5.41, 5.74) is 5.94. The van der Waals surface area contributed by atoms with E-state index in [-0.39, 0.29) is 11.6 Å². The molecule has 0 aliphatic heterocycles. The lowest BCUT2D eigenvalue weighted by molar-refractivity contribution is -0.0388. The van der Waals surface area contributed by atoms with E-state index < -0.39 is 0 Å². The SMILES string of the molecule is COC1([C@H](C)N)CCCCCC1. The van der Waals surface area contributed by atoms with Gasteiger partial charge in [0.05, 0.1) is 5.60 Å². The van der Waals surface area contributed by atoms with Crippen LogP contribution in [0.1, 0.15) is 45.4 Å². The van der Waals surface area contributed by atoms with Crippen molar-refractivity contribution in [3.05, 3.63) is 0 Å². The number of hydrogen-bond acceptors (Lipinski definition) is 2. The zero-order valence-corrected chi connectivity index (χ0v) is 8.31. The second-order valence-electron chi connectivity index (χ2n) is 3.97. The van der Waals surface area contributed by atoms with Crippen molar-refractivity contribution < 1.29 is 4.74 Å². The predicted molar refractivity (Wildman–Crippen MR) is 51.1 cm³/mol. The lowest BCUT2D eigenvalue weighted by atomic mass is 9.87. The van der Waals surface area contributed by atoms with Gasteiger partial charge in [-0.2, -0.15) is 0 Å². The Kier molecular flexibility index (Phi) is 3.53. The van der Waals surface area contributed by atoms with Crippen molar-refractivity contribution in [1.82, 2.24) is 0 Å². The van der Waals surface area contributed by atoms with Gasteiger partial charge in [-0.05, 0) is 19.8 Å². The Morgan fingerprint density at radius 3 is 2.00 bits per heavy atom. The van der Waals surface area contributed by atoms with Crippen molar-refractivity contribution in [2.75, 3.05) is 7.11 Å². The fourth-order valence-electron chi connectivity index (χ4n) is 2.17. The van der Waals surface area contributed by atoms with Gasteiger partial charge in [0.15, 0.2) is 0 Å². The summed E-state index contributed by atoms with van der Waals surface area (Å²) >= 11 is 0. The van der Waals surface area contributed by atoms with Crippen molar-refractivity contribution in [2.45, 2.75) is 57.1 Å². The van der Waals surface area contributed by atoms with E-state index in [0.29, 0.717) is 0 Å². The lowest BCUT2D eigenvalue weighted by Gasteiger charge is -2.35. The highest BCUT2D eigenvalue weighted by Gasteiger charge is 2.34. The maximum absolute atomic E-state index is 5.96. The quantitative estimate of drug-likeness (QED) is 0.645. The van der Waals surface area contributed by atoms with Crippen molar-refractivity contribution >= 4 is 0 Å². The van der Waals surface area contributed by atoms with Crippen molar-refractivity contribution in [1.29, 1.82) is 0 Å². The Morgan fingerprint density at radius 1 is 1.17 bits per heavy atom. The standard InChI is InChI=1S/C10H21NO/c1-9(11)10(12-2)7-5-3-4-6-8-10/h9H,3-8,11H2,1-2H3/t9-/m0/s1. The number of nitrogens with two attached hydrogens (primary N) is 1. The Bertz CT molecular complexity index is 126. The maximum Gasteiger partial charge on any atom is 0.0826 e. The topological polar surface area (TPSA) is 35.2 Å². The molecule has 0 spiro atoms. The van der Waals surface area contributed by atoms with E-state index in [9.17, 15) is 0 Å². The molecule has 0 aromatic rings. The summed E-state index contributed by atoms with van der Waals surface area (Å²) in [7, 11) is 1.80. The molecule has 1 aliphatic rings. The van der Waals surface area contributed by atoms with Gasteiger partial charge < -0.3 is 10.5 Å². The first-order valence-electron chi connectivity index (χ1n) is 5.02. The Morgan fingerprint density at radius 2 is 1.67 bits per heavy atom. The third-order valence-electron chi connectivity index (χ3n) is 3.19. The molecule has 1 saturated carbocycles. The van der Waals surface area contributed by atoms with Crippen LogP contribution in [0.5, 0.6) is 0 Å². The molecular weight excluding hydrogens is 150 g/mol. The molecule has 2 N–H and O–H groups in total. The van der Waals surface area contributed by atoms with E-state index in [1.807, 2.05) is 0 Å². The molecule has 0 aromatic carbocycles. The molecule has 0 aromatic heterocycles. The predicted octanol–water partition coefficient (Wildman–Crippen LogP) is 2.07. The molecule has 1 aliphatic carbocycles. The Labute approximate surface area is 75.5 Å². The van der Waals surface area contributed by atoms with Gasteiger partial charge in [0.2, 0.25) is 0 Å². The minimum atomic E-state index is -0.0174. The zero-order chi connectivity index (χ0) is 9.03. The normalized spacial score (nSPS) is 26.2. The van der Waals surface area contributed by atoms with Gasteiger partial charge in [0.1, 0.15) is 0 Å². The molecule has 72 valence electrons. The highest BCUT2D eigenvalue weighted by molar-refractivity contribution is 4.89. The number of rotatable bonds is 2. The summed E-state index contributed by atoms with van der Waals surface area (Å²) in [4.78, 5) is 0. The molecule has 0 saturated heterocycles. The molecule has 1 atom stereocenters. The average molecular weight is 171 g/mol. The van der Waals surface area contributed by atoms with Crippen molar-refractivity contribution in [3.8, 4) is 0 Å². The van der Waals surface area contributed by atoms with Gasteiger partial charge in [-0.1, -0.05) is 25.7 Å². The molecule has 1 rings (SSSR count). The Hall–Kier alpha value is -0.0800. The molecule has 1 fully saturated rings. The van der Waals surface area contributed by atoms with Crippen LogP contribution in [0.2, 0.25) is 0 Å². The van der Waals surface area contributed by atoms with Gasteiger partial charge in [-0.3, -0.25) is 0 Å². The van der Waals surface area contributed by atoms with Crippen LogP contribution in [0, 0.1) is 0 Å². The first-order chi connectivity index (χ1) is 5.71. The van der Waals surface area contributed by atoms with Crippen LogP contribution in [-0.4, -0.2) is 18.8 Å². The molecule has 0 heterocycles. The summed E-state index contributed by atoms with van der Waals surface area (Å²) in [5, 5.41) is 0. The van der Waals surface area contributed by atoms with Gasteiger partial charge in [0.25, 0.3) is 0 Å². The monoisotopic (exact) mass is 171 g/mol. The van der Waals surface area contributed by atoms with Gasteiger partial charge in [-0.15, -0.1) is 0 Å². The third kappa shape index (κ3) is 1.99. The summed E-state index contributed by atoms with van der Waals surface area (Å²) in [6, 6.07) is 0.167. The first kappa shape index (κ1) is 10.0. The van der Waals surface area contributed by atoms with Crippen LogP contribution >= 0.6 is 0 Å². The van der Waals surface area contributed by atoms with Crippen LogP contribution in [0.25, 0.3) is 0 Å². The van der Waals surface area contributed by atoms with Gasteiger partial charge >= 0.3 is 0 Å². The Balaban J connectivity index is 2.61. The van der Waals surface area contributed by atoms with Crippen LogP contribution in [0.3, 0.4) is 0 Å². The van der Waals surface area contributed by atoms with E-state index in [1.165, 1.54) is 25.7 Å². The third-order valence-corrected chi connectivity index (χ3v) is 3.19. The average Bonchev–Trinajstić information content (AvgIpc) is 2.29. The van der Waals surface area contributed by atoms with Gasteiger partial charge in [0, 0.05) is 13.2 Å². The molecule has 0 radical (unpaired) electrons. The summed E-state index contributed by atoms with van der Waals surface area (Å²) in [5.74, 6) is 0. The fraction of sp³-hybridized carbons (Fsp3) is 1.00.